The molecule has 1 saturated carbocycles. The summed E-state index contributed by atoms with van der Waals surface area (Å²) in [6.07, 6.45) is 3.23. The van der Waals surface area contributed by atoms with Gasteiger partial charge in [-0.3, -0.25) is 0 Å². The van der Waals surface area contributed by atoms with E-state index in [2.05, 4.69) is 38.8 Å². The quantitative estimate of drug-likeness (QED) is 0.672. The SMILES string of the molecule is CC(C)C(C)N(C)CC1(CC#N)CC1. The van der Waals surface area contributed by atoms with Crippen LogP contribution in [0.2, 0.25) is 0 Å². The van der Waals surface area contributed by atoms with Crippen molar-refractivity contribution in [3.63, 3.8) is 0 Å². The van der Waals surface area contributed by atoms with E-state index < -0.39 is 0 Å². The van der Waals surface area contributed by atoms with Crippen molar-refractivity contribution in [2.24, 2.45) is 11.3 Å². The van der Waals surface area contributed by atoms with E-state index >= 15 is 0 Å². The van der Waals surface area contributed by atoms with Gasteiger partial charge >= 0.3 is 0 Å². The van der Waals surface area contributed by atoms with Gasteiger partial charge in [0.2, 0.25) is 0 Å². The van der Waals surface area contributed by atoms with Crippen molar-refractivity contribution in [1.82, 2.24) is 4.90 Å². The first-order valence-electron chi connectivity index (χ1n) is 5.58. The van der Waals surface area contributed by atoms with E-state index in [4.69, 9.17) is 5.26 Å². The number of nitriles is 1. The first-order valence-corrected chi connectivity index (χ1v) is 5.58. The highest BCUT2D eigenvalue weighted by Gasteiger charge is 2.43. The van der Waals surface area contributed by atoms with Crippen molar-refractivity contribution in [2.75, 3.05) is 13.6 Å². The smallest absolute Gasteiger partial charge is 0.0628 e. The summed E-state index contributed by atoms with van der Waals surface area (Å²) in [4.78, 5) is 2.41. The molecule has 0 aromatic heterocycles. The molecular weight excluding hydrogens is 172 g/mol. The third kappa shape index (κ3) is 2.72. The molecule has 2 nitrogen and oxygen atoms in total. The molecule has 0 radical (unpaired) electrons. The van der Waals surface area contributed by atoms with Gasteiger partial charge in [0.05, 0.1) is 6.07 Å². The summed E-state index contributed by atoms with van der Waals surface area (Å²) in [6, 6.07) is 2.93. The summed E-state index contributed by atoms with van der Waals surface area (Å²) in [6.45, 7) is 7.88. The molecule has 1 rings (SSSR count). The van der Waals surface area contributed by atoms with Gasteiger partial charge in [0.25, 0.3) is 0 Å². The zero-order chi connectivity index (χ0) is 10.8. The molecule has 0 amide bonds. The molecule has 0 aromatic carbocycles. The Morgan fingerprint density at radius 2 is 1.93 bits per heavy atom. The number of rotatable bonds is 5. The van der Waals surface area contributed by atoms with E-state index in [-0.39, 0.29) is 0 Å². The lowest BCUT2D eigenvalue weighted by atomic mass is 9.99. The summed E-state index contributed by atoms with van der Waals surface area (Å²) in [5.41, 5.74) is 0.354. The van der Waals surface area contributed by atoms with Crippen molar-refractivity contribution < 1.29 is 0 Å². The van der Waals surface area contributed by atoms with E-state index in [0.717, 1.165) is 13.0 Å². The lowest BCUT2D eigenvalue weighted by Crippen LogP contribution is -2.37. The van der Waals surface area contributed by atoms with Gasteiger partial charge in [-0.15, -0.1) is 0 Å². The first-order chi connectivity index (χ1) is 6.51. The second-order valence-corrected chi connectivity index (χ2v) is 5.23. The van der Waals surface area contributed by atoms with Gasteiger partial charge in [0, 0.05) is 19.0 Å². The van der Waals surface area contributed by atoms with Crippen LogP contribution >= 0.6 is 0 Å². The third-order valence-corrected chi connectivity index (χ3v) is 3.66. The van der Waals surface area contributed by atoms with E-state index in [1.807, 2.05) is 0 Å². The summed E-state index contributed by atoms with van der Waals surface area (Å²) in [7, 11) is 2.18. The summed E-state index contributed by atoms with van der Waals surface area (Å²) >= 11 is 0. The molecule has 14 heavy (non-hydrogen) atoms. The van der Waals surface area contributed by atoms with E-state index in [1.165, 1.54) is 12.8 Å². The van der Waals surface area contributed by atoms with Crippen LogP contribution in [0.5, 0.6) is 0 Å². The van der Waals surface area contributed by atoms with Gasteiger partial charge in [0.1, 0.15) is 0 Å². The molecule has 80 valence electrons. The Morgan fingerprint density at radius 1 is 1.36 bits per heavy atom. The number of hydrogen-bond acceptors (Lipinski definition) is 2. The average molecular weight is 194 g/mol. The Morgan fingerprint density at radius 3 is 2.29 bits per heavy atom. The number of nitrogens with zero attached hydrogens (tertiary/aromatic N) is 2. The summed E-state index contributed by atoms with van der Waals surface area (Å²) in [5, 5.41) is 8.73. The van der Waals surface area contributed by atoms with Crippen molar-refractivity contribution in [2.45, 2.75) is 46.1 Å². The standard InChI is InChI=1S/C12H22N2/c1-10(2)11(3)14(4)9-12(5-6-12)7-8-13/h10-11H,5-7,9H2,1-4H3. The second-order valence-electron chi connectivity index (χ2n) is 5.23. The van der Waals surface area contributed by atoms with Crippen LogP contribution in [0.25, 0.3) is 0 Å². The molecular formula is C12H22N2. The lowest BCUT2D eigenvalue weighted by Gasteiger charge is -2.30. The molecule has 1 atom stereocenters. The minimum atomic E-state index is 0.354. The number of hydrogen-bond donors (Lipinski definition) is 0. The highest BCUT2D eigenvalue weighted by atomic mass is 15.1. The van der Waals surface area contributed by atoms with Crippen LogP contribution in [0.3, 0.4) is 0 Å². The van der Waals surface area contributed by atoms with Crippen LogP contribution < -0.4 is 0 Å². The fourth-order valence-electron chi connectivity index (χ4n) is 1.92. The molecule has 0 saturated heterocycles. The third-order valence-electron chi connectivity index (χ3n) is 3.66. The molecule has 0 aliphatic heterocycles. The van der Waals surface area contributed by atoms with Gasteiger partial charge in [-0.1, -0.05) is 13.8 Å². The largest absolute Gasteiger partial charge is 0.303 e. The van der Waals surface area contributed by atoms with Crippen LogP contribution in [0.1, 0.15) is 40.0 Å². The predicted octanol–water partition coefficient (Wildman–Crippen LogP) is 2.66. The summed E-state index contributed by atoms with van der Waals surface area (Å²) < 4.78 is 0. The molecule has 1 fully saturated rings. The van der Waals surface area contributed by atoms with Gasteiger partial charge in [-0.25, -0.2) is 0 Å². The fourth-order valence-corrected chi connectivity index (χ4v) is 1.92. The molecule has 1 aliphatic rings. The second kappa shape index (κ2) is 4.31. The zero-order valence-corrected chi connectivity index (χ0v) is 9.88. The average Bonchev–Trinajstić information content (AvgIpc) is 2.84. The van der Waals surface area contributed by atoms with Gasteiger partial charge in [-0.05, 0) is 38.1 Å². The Kier molecular flexibility index (Phi) is 3.55. The highest BCUT2D eigenvalue weighted by Crippen LogP contribution is 2.49. The maximum atomic E-state index is 8.73. The van der Waals surface area contributed by atoms with Gasteiger partial charge < -0.3 is 4.90 Å². The Balaban J connectivity index is 2.41. The van der Waals surface area contributed by atoms with Gasteiger partial charge in [-0.2, -0.15) is 5.26 Å². The maximum Gasteiger partial charge on any atom is 0.0628 e. The topological polar surface area (TPSA) is 27.0 Å². The molecule has 0 N–H and O–H groups in total. The monoisotopic (exact) mass is 194 g/mol. The van der Waals surface area contributed by atoms with Crippen LogP contribution in [-0.2, 0) is 0 Å². The van der Waals surface area contributed by atoms with Crippen molar-refractivity contribution in [3.8, 4) is 6.07 Å². The molecule has 0 spiro atoms. The van der Waals surface area contributed by atoms with Crippen molar-refractivity contribution >= 4 is 0 Å². The molecule has 2 heteroatoms. The molecule has 0 bridgehead atoms. The van der Waals surface area contributed by atoms with Crippen LogP contribution in [0.15, 0.2) is 0 Å². The van der Waals surface area contributed by atoms with Crippen LogP contribution in [-0.4, -0.2) is 24.5 Å². The van der Waals surface area contributed by atoms with Gasteiger partial charge in [0.15, 0.2) is 0 Å². The first kappa shape index (κ1) is 11.5. The minimum absolute atomic E-state index is 0.354. The van der Waals surface area contributed by atoms with Crippen molar-refractivity contribution in [3.05, 3.63) is 0 Å². The molecule has 0 heterocycles. The zero-order valence-electron chi connectivity index (χ0n) is 9.88. The molecule has 1 unspecified atom stereocenters. The Bertz CT molecular complexity index is 223. The van der Waals surface area contributed by atoms with Crippen molar-refractivity contribution in [1.29, 1.82) is 5.26 Å². The van der Waals surface area contributed by atoms with E-state index in [1.54, 1.807) is 0 Å². The molecule has 0 aromatic rings. The minimum Gasteiger partial charge on any atom is -0.303 e. The lowest BCUT2D eigenvalue weighted by molar-refractivity contribution is 0.171. The fraction of sp³-hybridized carbons (Fsp3) is 0.917. The van der Waals surface area contributed by atoms with Crippen LogP contribution in [0.4, 0.5) is 0 Å². The Hall–Kier alpha value is -0.550. The maximum absolute atomic E-state index is 8.73. The summed E-state index contributed by atoms with van der Waals surface area (Å²) in [5.74, 6) is 0.692. The predicted molar refractivity (Wildman–Crippen MR) is 58.8 cm³/mol. The Labute approximate surface area is 87.9 Å². The van der Waals surface area contributed by atoms with E-state index in [0.29, 0.717) is 17.4 Å². The molecule has 1 aliphatic carbocycles. The van der Waals surface area contributed by atoms with Crippen LogP contribution in [0, 0.1) is 22.7 Å². The van der Waals surface area contributed by atoms with E-state index in [9.17, 15) is 0 Å². The highest BCUT2D eigenvalue weighted by molar-refractivity contribution is 5.01. The normalized spacial score (nSPS) is 20.9.